The summed E-state index contributed by atoms with van der Waals surface area (Å²) in [6, 6.07) is 0.877. The van der Waals surface area contributed by atoms with Gasteiger partial charge in [0.1, 0.15) is 0 Å². The van der Waals surface area contributed by atoms with E-state index in [0.29, 0.717) is 18.2 Å². The molecule has 0 radical (unpaired) electrons. The Kier molecular flexibility index (Phi) is 5.01. The zero-order chi connectivity index (χ0) is 10.5. The third-order valence-electron chi connectivity index (χ3n) is 1.55. The molecule has 13 heavy (non-hydrogen) atoms. The quantitative estimate of drug-likeness (QED) is 0.435. The summed E-state index contributed by atoms with van der Waals surface area (Å²) in [5.74, 6) is 0. The summed E-state index contributed by atoms with van der Waals surface area (Å²) in [5.41, 5.74) is 0. The van der Waals surface area contributed by atoms with Crippen LogP contribution in [0, 0.1) is 0 Å². The van der Waals surface area contributed by atoms with Crippen LogP contribution < -0.4 is 0 Å². The van der Waals surface area contributed by atoms with Crippen molar-refractivity contribution in [1.29, 1.82) is 0 Å². The van der Waals surface area contributed by atoms with E-state index in [9.17, 15) is 10.0 Å². The molecule has 1 amide bonds. The van der Waals surface area contributed by atoms with Crippen LogP contribution in [0.15, 0.2) is 0 Å². The number of hydrogen-bond donors (Lipinski definition) is 1. The van der Waals surface area contributed by atoms with Crippen molar-refractivity contribution < 1.29 is 14.7 Å². The molecule has 78 valence electrons. The minimum Gasteiger partial charge on any atom is -0.448 e. The molecule has 1 N–H and O–H groups in total. The van der Waals surface area contributed by atoms with E-state index in [-0.39, 0.29) is 0 Å². The number of hydroxylamine groups is 2. The second-order valence-electron chi connectivity index (χ2n) is 4.13. The SMILES string of the molecule is CCOC(=O)N(O)CC[Si](C)(C)C. The molecule has 0 bridgehead atoms. The van der Waals surface area contributed by atoms with E-state index in [4.69, 9.17) is 0 Å². The molecule has 0 aliphatic carbocycles. The maximum Gasteiger partial charge on any atom is 0.433 e. The normalized spacial score (nSPS) is 11.2. The highest BCUT2D eigenvalue weighted by Gasteiger charge is 2.17. The number of rotatable bonds is 4. The van der Waals surface area contributed by atoms with Crippen LogP contribution in [-0.4, -0.2) is 37.6 Å². The summed E-state index contributed by atoms with van der Waals surface area (Å²) in [7, 11) is -1.20. The Morgan fingerprint density at radius 3 is 2.38 bits per heavy atom. The van der Waals surface area contributed by atoms with E-state index in [2.05, 4.69) is 24.4 Å². The van der Waals surface area contributed by atoms with Gasteiger partial charge in [-0.15, -0.1) is 0 Å². The van der Waals surface area contributed by atoms with Gasteiger partial charge in [0, 0.05) is 14.6 Å². The van der Waals surface area contributed by atoms with Crippen molar-refractivity contribution in [3.8, 4) is 0 Å². The summed E-state index contributed by atoms with van der Waals surface area (Å²) >= 11 is 0. The summed E-state index contributed by atoms with van der Waals surface area (Å²) in [5, 5.41) is 9.85. The molecule has 0 heterocycles. The predicted octanol–water partition coefficient (Wildman–Crippen LogP) is 2.17. The second-order valence-corrected chi connectivity index (χ2v) is 9.75. The molecular weight excluding hydrogens is 186 g/mol. The van der Waals surface area contributed by atoms with Crippen molar-refractivity contribution in [1.82, 2.24) is 5.06 Å². The molecule has 0 spiro atoms. The lowest BCUT2D eigenvalue weighted by atomic mass is 10.7. The molecule has 0 aliphatic rings. The van der Waals surface area contributed by atoms with Crippen LogP contribution in [0.3, 0.4) is 0 Å². The van der Waals surface area contributed by atoms with E-state index in [1.165, 1.54) is 0 Å². The standard InChI is InChI=1S/C8H19NO3Si/c1-5-12-8(10)9(11)6-7-13(2,3)4/h11H,5-7H2,1-4H3. The van der Waals surface area contributed by atoms with Crippen molar-refractivity contribution in [2.24, 2.45) is 0 Å². The van der Waals surface area contributed by atoms with Crippen LogP contribution in [0.5, 0.6) is 0 Å². The van der Waals surface area contributed by atoms with Gasteiger partial charge in [-0.05, 0) is 13.0 Å². The Balaban J connectivity index is 3.74. The van der Waals surface area contributed by atoms with E-state index in [1.807, 2.05) is 0 Å². The molecule has 0 unspecified atom stereocenters. The number of amides is 1. The van der Waals surface area contributed by atoms with Gasteiger partial charge >= 0.3 is 6.09 Å². The third-order valence-corrected chi connectivity index (χ3v) is 3.28. The summed E-state index contributed by atoms with van der Waals surface area (Å²) in [6.07, 6.45) is -0.652. The summed E-state index contributed by atoms with van der Waals surface area (Å²) in [4.78, 5) is 10.9. The van der Waals surface area contributed by atoms with Gasteiger partial charge in [-0.25, -0.2) is 4.79 Å². The first-order chi connectivity index (χ1) is 5.87. The molecule has 0 rings (SSSR count). The molecule has 0 aromatic carbocycles. The molecule has 5 heteroatoms. The van der Waals surface area contributed by atoms with Crippen molar-refractivity contribution in [2.75, 3.05) is 13.2 Å². The van der Waals surface area contributed by atoms with Crippen molar-refractivity contribution in [2.45, 2.75) is 32.6 Å². The van der Waals surface area contributed by atoms with Crippen LogP contribution >= 0.6 is 0 Å². The van der Waals surface area contributed by atoms with Gasteiger partial charge in [0.25, 0.3) is 0 Å². The van der Waals surface area contributed by atoms with E-state index >= 15 is 0 Å². The Labute approximate surface area is 80.5 Å². The minimum absolute atomic E-state index is 0.294. The van der Waals surface area contributed by atoms with Crippen molar-refractivity contribution in [3.05, 3.63) is 0 Å². The lowest BCUT2D eigenvalue weighted by Gasteiger charge is -2.19. The lowest BCUT2D eigenvalue weighted by molar-refractivity contribution is -0.0692. The van der Waals surface area contributed by atoms with Gasteiger partial charge in [-0.2, -0.15) is 5.06 Å². The monoisotopic (exact) mass is 205 g/mol. The smallest absolute Gasteiger partial charge is 0.433 e. The number of ether oxygens (including phenoxy) is 1. The highest BCUT2D eigenvalue weighted by molar-refractivity contribution is 6.76. The maximum absolute atomic E-state index is 10.9. The Morgan fingerprint density at radius 2 is 2.00 bits per heavy atom. The largest absolute Gasteiger partial charge is 0.448 e. The second kappa shape index (κ2) is 5.24. The molecule has 0 saturated heterocycles. The van der Waals surface area contributed by atoms with Gasteiger partial charge in [0.05, 0.1) is 6.61 Å². The van der Waals surface area contributed by atoms with Crippen molar-refractivity contribution in [3.63, 3.8) is 0 Å². The zero-order valence-electron chi connectivity index (χ0n) is 8.83. The average molecular weight is 205 g/mol. The number of nitrogens with zero attached hydrogens (tertiary/aromatic N) is 1. The fourth-order valence-electron chi connectivity index (χ4n) is 0.731. The van der Waals surface area contributed by atoms with Crippen LogP contribution in [0.25, 0.3) is 0 Å². The topological polar surface area (TPSA) is 49.8 Å². The molecule has 0 atom stereocenters. The molecule has 0 aliphatic heterocycles. The van der Waals surface area contributed by atoms with Gasteiger partial charge in [0.15, 0.2) is 0 Å². The molecule has 0 fully saturated rings. The molecule has 0 aromatic rings. The van der Waals surface area contributed by atoms with Gasteiger partial charge in [-0.3, -0.25) is 5.21 Å². The van der Waals surface area contributed by atoms with Crippen LogP contribution in [-0.2, 0) is 4.74 Å². The molecule has 0 saturated carbocycles. The highest BCUT2D eigenvalue weighted by atomic mass is 28.3. The van der Waals surface area contributed by atoms with E-state index < -0.39 is 14.2 Å². The Morgan fingerprint density at radius 1 is 1.46 bits per heavy atom. The highest BCUT2D eigenvalue weighted by Crippen LogP contribution is 2.08. The maximum atomic E-state index is 10.9. The first kappa shape index (κ1) is 12.4. The first-order valence-corrected chi connectivity index (χ1v) is 8.20. The number of hydrogen-bond acceptors (Lipinski definition) is 3. The average Bonchev–Trinajstić information content (AvgIpc) is 1.99. The minimum atomic E-state index is -1.20. The fraction of sp³-hybridized carbons (Fsp3) is 0.875. The number of carbonyl (C=O) groups is 1. The number of carbonyl (C=O) groups excluding carboxylic acids is 1. The lowest BCUT2D eigenvalue weighted by Crippen LogP contribution is -2.33. The van der Waals surface area contributed by atoms with Gasteiger partial charge < -0.3 is 4.74 Å². The van der Waals surface area contributed by atoms with Gasteiger partial charge in [-0.1, -0.05) is 19.6 Å². The summed E-state index contributed by atoms with van der Waals surface area (Å²) < 4.78 is 4.62. The Hall–Kier alpha value is -0.553. The van der Waals surface area contributed by atoms with E-state index in [0.717, 1.165) is 6.04 Å². The first-order valence-electron chi connectivity index (χ1n) is 4.50. The predicted molar refractivity (Wildman–Crippen MR) is 53.7 cm³/mol. The molecular formula is C8H19NO3Si. The zero-order valence-corrected chi connectivity index (χ0v) is 9.83. The fourth-order valence-corrected chi connectivity index (χ4v) is 1.61. The third kappa shape index (κ3) is 6.59. The van der Waals surface area contributed by atoms with Crippen LogP contribution in [0.2, 0.25) is 25.7 Å². The van der Waals surface area contributed by atoms with Gasteiger partial charge in [0.2, 0.25) is 0 Å². The van der Waals surface area contributed by atoms with E-state index in [1.54, 1.807) is 6.92 Å². The summed E-state index contributed by atoms with van der Waals surface area (Å²) in [6.45, 7) is 8.94. The molecule has 0 aromatic heterocycles. The van der Waals surface area contributed by atoms with Crippen molar-refractivity contribution >= 4 is 14.2 Å². The van der Waals surface area contributed by atoms with Crippen LogP contribution in [0.4, 0.5) is 4.79 Å². The molecule has 4 nitrogen and oxygen atoms in total. The van der Waals surface area contributed by atoms with Crippen LogP contribution in [0.1, 0.15) is 6.92 Å². The Bertz CT molecular complexity index is 167.